The fourth-order valence-corrected chi connectivity index (χ4v) is 4.22. The number of nitrogens with zero attached hydrogens (tertiary/aromatic N) is 8. The van der Waals surface area contributed by atoms with Crippen molar-refractivity contribution in [2.75, 3.05) is 36.0 Å². The average Bonchev–Trinajstić information content (AvgIpc) is 3.31. The molecule has 0 atom stereocenters. The van der Waals surface area contributed by atoms with Gasteiger partial charge in [-0.3, -0.25) is 4.98 Å². The van der Waals surface area contributed by atoms with Crippen LogP contribution in [0.2, 0.25) is 0 Å². The molecule has 0 unspecified atom stereocenters. The van der Waals surface area contributed by atoms with E-state index in [9.17, 15) is 22.0 Å². The van der Waals surface area contributed by atoms with Crippen LogP contribution in [0.15, 0.2) is 24.8 Å². The number of halogens is 5. The molecule has 0 saturated carbocycles. The molecule has 31 heavy (non-hydrogen) atoms. The van der Waals surface area contributed by atoms with Crippen LogP contribution in [-0.2, 0) is 12.7 Å². The number of anilines is 2. The molecule has 13 heteroatoms. The van der Waals surface area contributed by atoms with Crippen LogP contribution >= 0.6 is 0 Å². The Morgan fingerprint density at radius 2 is 1.71 bits per heavy atom. The summed E-state index contributed by atoms with van der Waals surface area (Å²) < 4.78 is 65.3. The highest BCUT2D eigenvalue weighted by molar-refractivity contribution is 5.71. The first-order valence-corrected chi connectivity index (χ1v) is 9.58. The monoisotopic (exact) mass is 440 g/mol. The molecule has 3 aromatic rings. The zero-order chi connectivity index (χ0) is 21.8. The molecule has 1 spiro atoms. The van der Waals surface area contributed by atoms with Crippen molar-refractivity contribution in [3.63, 3.8) is 0 Å². The van der Waals surface area contributed by atoms with E-state index in [0.717, 1.165) is 11.1 Å². The Hall–Kier alpha value is -3.12. The number of hydrogen-bond donors (Lipinski definition) is 0. The fraction of sp³-hybridized carbons (Fsp3) is 0.500. The minimum atomic E-state index is -4.54. The Morgan fingerprint density at radius 1 is 0.968 bits per heavy atom. The second-order valence-electron chi connectivity index (χ2n) is 7.94. The molecule has 2 aliphatic rings. The van der Waals surface area contributed by atoms with Gasteiger partial charge in [0.05, 0.1) is 24.8 Å². The van der Waals surface area contributed by atoms with Crippen LogP contribution in [0.4, 0.5) is 33.6 Å². The molecule has 0 amide bonds. The molecule has 0 N–H and O–H groups in total. The van der Waals surface area contributed by atoms with E-state index in [4.69, 9.17) is 0 Å². The lowest BCUT2D eigenvalue weighted by Crippen LogP contribution is -2.58. The number of hydrogen-bond acceptors (Lipinski definition) is 7. The van der Waals surface area contributed by atoms with Gasteiger partial charge in [-0.2, -0.15) is 18.3 Å². The Morgan fingerprint density at radius 3 is 2.45 bits per heavy atom. The minimum Gasteiger partial charge on any atom is -0.355 e. The first kappa shape index (κ1) is 19.8. The van der Waals surface area contributed by atoms with E-state index in [1.807, 2.05) is 4.90 Å². The van der Waals surface area contributed by atoms with Gasteiger partial charge in [0.25, 0.3) is 6.43 Å². The largest absolute Gasteiger partial charge is 0.434 e. The highest BCUT2D eigenvalue weighted by atomic mass is 19.4. The van der Waals surface area contributed by atoms with Crippen LogP contribution < -0.4 is 9.80 Å². The Balaban J connectivity index is 1.29. The lowest BCUT2D eigenvalue weighted by molar-refractivity contribution is -0.141. The van der Waals surface area contributed by atoms with Crippen molar-refractivity contribution in [2.24, 2.45) is 5.41 Å². The summed E-state index contributed by atoms with van der Waals surface area (Å²) in [5.74, 6) is 0.772. The molecule has 2 fully saturated rings. The topological polar surface area (TPSA) is 75.9 Å². The van der Waals surface area contributed by atoms with Crippen LogP contribution in [0.5, 0.6) is 0 Å². The molecule has 2 aliphatic heterocycles. The third kappa shape index (κ3) is 3.61. The third-order valence-electron chi connectivity index (χ3n) is 5.69. The predicted octanol–water partition coefficient (Wildman–Crippen LogP) is 2.62. The molecule has 0 radical (unpaired) electrons. The molecule has 0 aliphatic carbocycles. The van der Waals surface area contributed by atoms with Crippen LogP contribution in [0, 0.1) is 5.41 Å². The zero-order valence-corrected chi connectivity index (χ0v) is 16.1. The van der Waals surface area contributed by atoms with Gasteiger partial charge in [-0.25, -0.2) is 28.4 Å². The van der Waals surface area contributed by atoms with Gasteiger partial charge in [0.15, 0.2) is 11.3 Å². The van der Waals surface area contributed by atoms with Crippen molar-refractivity contribution in [2.45, 2.75) is 25.6 Å². The Kier molecular flexibility index (Phi) is 4.45. The molecule has 0 aromatic carbocycles. The van der Waals surface area contributed by atoms with E-state index in [-0.39, 0.29) is 11.2 Å². The summed E-state index contributed by atoms with van der Waals surface area (Å²) in [7, 11) is 0. The van der Waals surface area contributed by atoms with Crippen molar-refractivity contribution < 1.29 is 22.0 Å². The SMILES string of the molecule is FC(F)Cn1ncc2ncc(N3CCC4(CN(c5cncc(C(F)(F)F)n5)C4)C3)nc21. The summed E-state index contributed by atoms with van der Waals surface area (Å²) in [6.45, 7) is 1.87. The van der Waals surface area contributed by atoms with Gasteiger partial charge in [0.1, 0.15) is 23.7 Å². The highest BCUT2D eigenvalue weighted by Crippen LogP contribution is 2.42. The summed E-state index contributed by atoms with van der Waals surface area (Å²) in [5.41, 5.74) is -0.372. The standard InChI is InChI=1S/C18H17F5N8/c19-13(20)7-31-16-11(3-26-31)25-6-15(28-16)29-2-1-17(8-29)9-30(10-17)14-5-24-4-12(27-14)18(21,22)23/h3-6,13H,1-2,7-10H2. The Bertz CT molecular complexity index is 1110. The lowest BCUT2D eigenvalue weighted by Gasteiger charge is -2.48. The third-order valence-corrected chi connectivity index (χ3v) is 5.69. The van der Waals surface area contributed by atoms with Gasteiger partial charge in [0, 0.05) is 31.6 Å². The normalized spacial score (nSPS) is 18.4. The summed E-state index contributed by atoms with van der Waals surface area (Å²) in [6, 6.07) is 0. The van der Waals surface area contributed by atoms with Crippen molar-refractivity contribution >= 4 is 22.8 Å². The maximum Gasteiger partial charge on any atom is 0.434 e. The molecule has 5 rings (SSSR count). The summed E-state index contributed by atoms with van der Waals surface area (Å²) >= 11 is 0. The fourth-order valence-electron chi connectivity index (χ4n) is 4.22. The van der Waals surface area contributed by atoms with E-state index >= 15 is 0 Å². The lowest BCUT2D eigenvalue weighted by atomic mass is 9.79. The van der Waals surface area contributed by atoms with Gasteiger partial charge in [0.2, 0.25) is 0 Å². The number of aromatic nitrogens is 6. The molecule has 3 aromatic heterocycles. The van der Waals surface area contributed by atoms with E-state index in [0.29, 0.717) is 49.4 Å². The van der Waals surface area contributed by atoms with Gasteiger partial charge < -0.3 is 9.80 Å². The minimum absolute atomic E-state index is 0.101. The van der Waals surface area contributed by atoms with Crippen LogP contribution in [0.1, 0.15) is 12.1 Å². The van der Waals surface area contributed by atoms with Crippen LogP contribution in [-0.4, -0.2) is 62.3 Å². The molecule has 8 nitrogen and oxygen atoms in total. The Labute approximate surface area is 172 Å². The maximum atomic E-state index is 12.9. The van der Waals surface area contributed by atoms with Crippen molar-refractivity contribution in [3.05, 3.63) is 30.5 Å². The van der Waals surface area contributed by atoms with Gasteiger partial charge in [-0.1, -0.05) is 0 Å². The average molecular weight is 440 g/mol. The molecule has 2 saturated heterocycles. The van der Waals surface area contributed by atoms with E-state index < -0.39 is 24.8 Å². The van der Waals surface area contributed by atoms with Crippen LogP contribution in [0.25, 0.3) is 11.2 Å². The van der Waals surface area contributed by atoms with Crippen LogP contribution in [0.3, 0.4) is 0 Å². The van der Waals surface area contributed by atoms with Gasteiger partial charge in [-0.15, -0.1) is 0 Å². The summed E-state index contributed by atoms with van der Waals surface area (Å²) in [6.07, 6.45) is -1.23. The maximum absolute atomic E-state index is 12.9. The zero-order valence-electron chi connectivity index (χ0n) is 16.1. The van der Waals surface area contributed by atoms with Gasteiger partial charge >= 0.3 is 6.18 Å². The van der Waals surface area contributed by atoms with Gasteiger partial charge in [-0.05, 0) is 6.42 Å². The van der Waals surface area contributed by atoms with E-state index in [1.54, 1.807) is 11.1 Å². The predicted molar refractivity (Wildman–Crippen MR) is 99.8 cm³/mol. The second kappa shape index (κ2) is 6.95. The number of alkyl halides is 5. The van der Waals surface area contributed by atoms with E-state index in [2.05, 4.69) is 25.0 Å². The highest BCUT2D eigenvalue weighted by Gasteiger charge is 2.49. The first-order chi connectivity index (χ1) is 14.7. The summed E-state index contributed by atoms with van der Waals surface area (Å²) in [4.78, 5) is 19.9. The smallest absolute Gasteiger partial charge is 0.355 e. The molecule has 5 heterocycles. The van der Waals surface area contributed by atoms with Crippen molar-refractivity contribution in [3.8, 4) is 0 Å². The molecule has 164 valence electrons. The van der Waals surface area contributed by atoms with Crippen molar-refractivity contribution in [1.82, 2.24) is 29.7 Å². The quantitative estimate of drug-likeness (QED) is 0.578. The van der Waals surface area contributed by atoms with Crippen molar-refractivity contribution in [1.29, 1.82) is 0 Å². The summed E-state index contributed by atoms with van der Waals surface area (Å²) in [5, 5.41) is 3.92. The number of fused-ring (bicyclic) bond motifs is 1. The number of rotatable bonds is 4. The van der Waals surface area contributed by atoms with E-state index in [1.165, 1.54) is 12.4 Å². The molecule has 0 bridgehead atoms. The molecular weight excluding hydrogens is 423 g/mol. The second-order valence-corrected chi connectivity index (χ2v) is 7.94. The first-order valence-electron chi connectivity index (χ1n) is 9.58. The molecular formula is C18H17F5N8.